The fourth-order valence-corrected chi connectivity index (χ4v) is 22.7. The van der Waals surface area contributed by atoms with Crippen LogP contribution in [0.4, 0.5) is 0 Å². The molecule has 8 saturated carbocycles. The zero-order valence-electron chi connectivity index (χ0n) is 80.6. The molecule has 0 aromatic rings. The quantitative estimate of drug-likeness (QED) is 0.0634. The summed E-state index contributed by atoms with van der Waals surface area (Å²) in [6.45, 7) is 68.5. The highest BCUT2D eigenvalue weighted by molar-refractivity contribution is 4.93. The Morgan fingerprint density at radius 3 is 1.22 bits per heavy atom. The van der Waals surface area contributed by atoms with Gasteiger partial charge in [-0.2, -0.15) is 0 Å². The average Bonchev–Trinajstić information content (AvgIpc) is 0.839. The summed E-state index contributed by atoms with van der Waals surface area (Å²) in [5, 5.41) is 79.5. The molecular weight excluding hydrogens is 1370 g/mol. The zero-order chi connectivity index (χ0) is 85.0. The van der Waals surface area contributed by atoms with Crippen molar-refractivity contribution in [1.82, 2.24) is 0 Å². The lowest BCUT2D eigenvalue weighted by Gasteiger charge is -2.43. The molecule has 8 rings (SSSR count). The summed E-state index contributed by atoms with van der Waals surface area (Å²) in [7, 11) is 0. The van der Waals surface area contributed by atoms with E-state index >= 15 is 0 Å². The van der Waals surface area contributed by atoms with Gasteiger partial charge < -0.3 is 40.9 Å². The van der Waals surface area contributed by atoms with Crippen LogP contribution >= 0.6 is 0 Å². The summed E-state index contributed by atoms with van der Waals surface area (Å²) < 4.78 is 0. The molecule has 0 amide bonds. The predicted molar refractivity (Wildman–Crippen MR) is 485 cm³/mol. The number of aliphatic hydroxyl groups excluding tert-OH is 8. The molecule has 25 unspecified atom stereocenters. The Labute approximate surface area is 695 Å². The Morgan fingerprint density at radius 2 is 0.712 bits per heavy atom. The van der Waals surface area contributed by atoms with E-state index in [1.54, 1.807) is 0 Å². The van der Waals surface area contributed by atoms with E-state index in [0.29, 0.717) is 80.8 Å². The second kappa shape index (κ2) is 54.1. The maximum absolute atomic E-state index is 10.3. The minimum absolute atomic E-state index is 0.00754. The Kier molecular flexibility index (Phi) is 53.0. The first-order valence-electron chi connectivity index (χ1n) is 49.0. The number of hydrogen-bond donors (Lipinski definition) is 8. The van der Waals surface area contributed by atoms with E-state index < -0.39 is 0 Å². The zero-order valence-corrected chi connectivity index (χ0v) is 80.6. The van der Waals surface area contributed by atoms with Gasteiger partial charge in [-0.25, -0.2) is 0 Å². The van der Waals surface area contributed by atoms with Crippen molar-refractivity contribution in [2.24, 2.45) is 139 Å². The van der Waals surface area contributed by atoms with Gasteiger partial charge in [0.05, 0.1) is 48.8 Å². The first-order chi connectivity index (χ1) is 51.5. The third-order valence-corrected chi connectivity index (χ3v) is 30.1. The fourth-order valence-electron chi connectivity index (χ4n) is 22.7. The number of unbranched alkanes of at least 4 members (excludes halogenated alkanes) is 1. The van der Waals surface area contributed by atoms with Gasteiger partial charge in [-0.1, -0.05) is 298 Å². The van der Waals surface area contributed by atoms with Gasteiger partial charge in [-0.15, -0.1) is 0 Å². The third kappa shape index (κ3) is 41.7. The predicted octanol–water partition coefficient (Wildman–Crippen LogP) is 28.5. The molecule has 8 aliphatic rings. The molecule has 8 N–H and O–H groups in total. The number of aliphatic hydroxyl groups is 8. The van der Waals surface area contributed by atoms with Crippen LogP contribution in [0.25, 0.3) is 0 Å². The highest BCUT2D eigenvalue weighted by Gasteiger charge is 2.43. The molecule has 0 saturated heterocycles. The maximum Gasteiger partial charge on any atom is 0.0601 e. The van der Waals surface area contributed by atoms with Gasteiger partial charge in [0.2, 0.25) is 0 Å². The van der Waals surface area contributed by atoms with Crippen LogP contribution in [0.15, 0.2) is 0 Å². The minimum atomic E-state index is -0.0527. The summed E-state index contributed by atoms with van der Waals surface area (Å²) in [4.78, 5) is 0. The van der Waals surface area contributed by atoms with Crippen LogP contribution < -0.4 is 0 Å². The van der Waals surface area contributed by atoms with Crippen molar-refractivity contribution < 1.29 is 40.9 Å². The van der Waals surface area contributed by atoms with Crippen LogP contribution in [-0.4, -0.2) is 89.7 Å². The van der Waals surface area contributed by atoms with E-state index in [0.717, 1.165) is 105 Å². The summed E-state index contributed by atoms with van der Waals surface area (Å²) in [5.41, 5.74) is 2.06. The molecule has 0 bridgehead atoms. The van der Waals surface area contributed by atoms with Crippen molar-refractivity contribution in [2.45, 2.75) is 520 Å². The molecule has 8 aliphatic carbocycles. The van der Waals surface area contributed by atoms with E-state index in [4.69, 9.17) is 0 Å². The molecule has 666 valence electrons. The van der Waals surface area contributed by atoms with E-state index in [1.165, 1.54) is 205 Å². The van der Waals surface area contributed by atoms with E-state index in [1.807, 2.05) is 0 Å². The lowest BCUT2D eigenvalue weighted by molar-refractivity contribution is -0.0330. The van der Waals surface area contributed by atoms with E-state index in [2.05, 4.69) is 208 Å². The molecule has 25 atom stereocenters. The van der Waals surface area contributed by atoms with Crippen molar-refractivity contribution in [3.05, 3.63) is 0 Å². The molecule has 0 radical (unpaired) electrons. The molecular formula is C103H206O8. The topological polar surface area (TPSA) is 162 Å². The van der Waals surface area contributed by atoms with Crippen LogP contribution in [0.3, 0.4) is 0 Å². The molecule has 0 heterocycles. The lowest BCUT2D eigenvalue weighted by Crippen LogP contribution is -2.40. The van der Waals surface area contributed by atoms with Gasteiger partial charge in [-0.3, -0.25) is 0 Å². The minimum Gasteiger partial charge on any atom is -0.393 e. The normalized spacial score (nSPS) is 35.1. The molecule has 0 aliphatic heterocycles. The molecule has 0 aromatic carbocycles. The van der Waals surface area contributed by atoms with Gasteiger partial charge in [0.1, 0.15) is 0 Å². The highest BCUT2D eigenvalue weighted by Crippen LogP contribution is 2.49. The van der Waals surface area contributed by atoms with Gasteiger partial charge in [0.15, 0.2) is 0 Å². The monoisotopic (exact) mass is 1570 g/mol. The Balaban J connectivity index is 0.000000634. The fraction of sp³-hybridized carbons (Fsp3) is 1.00. The highest BCUT2D eigenvalue weighted by atomic mass is 16.3. The van der Waals surface area contributed by atoms with Gasteiger partial charge in [0, 0.05) is 0 Å². The van der Waals surface area contributed by atoms with Crippen molar-refractivity contribution in [3.63, 3.8) is 0 Å². The van der Waals surface area contributed by atoms with E-state index in [-0.39, 0.29) is 59.7 Å². The van der Waals surface area contributed by atoms with Gasteiger partial charge >= 0.3 is 0 Å². The van der Waals surface area contributed by atoms with Crippen molar-refractivity contribution >= 4 is 0 Å². The average molecular weight is 1570 g/mol. The summed E-state index contributed by atoms with van der Waals surface area (Å²) >= 11 is 0. The number of hydrogen-bond acceptors (Lipinski definition) is 8. The van der Waals surface area contributed by atoms with Crippen LogP contribution in [-0.2, 0) is 0 Å². The Hall–Kier alpha value is -0.320. The second-order valence-corrected chi connectivity index (χ2v) is 46.0. The molecule has 8 nitrogen and oxygen atoms in total. The maximum atomic E-state index is 10.3. The number of rotatable bonds is 19. The third-order valence-electron chi connectivity index (χ3n) is 30.1. The molecule has 111 heavy (non-hydrogen) atoms. The SMILES string of the molecule is CCCC1C(O)CCCC1C(C)(C)C.CCCC1CC(C(C)(C)C)CCC1O.CCCC1CCC(C(C)(C)C)CC1O.CCCC1CCC(O)C(C(C)(C)C)C1.CCCC1CCC(O)CC1C(C)(C)C.CCCC1CCC(O)CC1CC(C)C.CCCC1CCCC(C(C)(C)C)C1O.CCCCC1C(O)CCC(C)C1C. The smallest absolute Gasteiger partial charge is 0.0601 e. The lowest BCUT2D eigenvalue weighted by atomic mass is 9.64. The second-order valence-electron chi connectivity index (χ2n) is 46.0. The van der Waals surface area contributed by atoms with Crippen LogP contribution in [0.5, 0.6) is 0 Å². The first kappa shape index (κ1) is 109. The van der Waals surface area contributed by atoms with Crippen molar-refractivity contribution in [3.8, 4) is 0 Å². The van der Waals surface area contributed by atoms with Gasteiger partial charge in [0.25, 0.3) is 0 Å². The summed E-state index contributed by atoms with van der Waals surface area (Å²) in [5.74, 6) is 12.5. The Morgan fingerprint density at radius 1 is 0.279 bits per heavy atom. The largest absolute Gasteiger partial charge is 0.393 e. The summed E-state index contributed by atoms with van der Waals surface area (Å²) in [6.07, 6.45) is 49.1. The van der Waals surface area contributed by atoms with Crippen LogP contribution in [0, 0.1) is 139 Å². The van der Waals surface area contributed by atoms with Gasteiger partial charge in [-0.05, 0) is 312 Å². The summed E-state index contributed by atoms with van der Waals surface area (Å²) in [6, 6.07) is 0. The molecule has 8 fully saturated rings. The first-order valence-corrected chi connectivity index (χ1v) is 49.0. The standard InChI is InChI=1S/7C13H26O.C12H24O/c1-5-7-10-11(13(2,3)4)8-6-9-12(10)14;1-5-7-10-8-6-9-11(12(10)14)13(2,3)4;1-5-6-10-9-11(13(2,3)4)7-8-12(10)14;1-5-6-10-7-8-11(14)9-12(10)13(2,3)4;1-5-6-10-7-8-11(9-12(10)14)13(2,3)4;1-5-6-10-7-8-12(14)11(9-10)13(2,3)4;1-4-5-11-6-7-13(14)9-12(11)8-10(2)3;1-4-5-6-11-10(3)9(2)7-8-12(11)13/h6*10-12,14H,5-9H2,1-4H3;10-14H,4-9H2,1-3H3;9-13H,4-8H2,1-3H3. The molecule has 8 heteroatoms. The Bertz CT molecular complexity index is 2200. The van der Waals surface area contributed by atoms with Crippen LogP contribution in [0.2, 0.25) is 0 Å². The van der Waals surface area contributed by atoms with Crippen molar-refractivity contribution in [2.75, 3.05) is 0 Å². The van der Waals surface area contributed by atoms with Crippen LogP contribution in [0.1, 0.15) is 471 Å². The van der Waals surface area contributed by atoms with Crippen molar-refractivity contribution in [1.29, 1.82) is 0 Å². The van der Waals surface area contributed by atoms with E-state index in [9.17, 15) is 40.9 Å². The molecule has 0 spiro atoms. The molecule has 0 aromatic heterocycles.